The molecule has 8 nitrogen and oxygen atoms in total. The molecule has 0 aliphatic carbocycles. The first-order chi connectivity index (χ1) is 22.1. The van der Waals surface area contributed by atoms with Crippen LogP contribution in [0.5, 0.6) is 0 Å². The second kappa shape index (κ2) is 13.7. The van der Waals surface area contributed by atoms with E-state index >= 15 is 0 Å². The molecule has 2 amide bonds. The van der Waals surface area contributed by atoms with Gasteiger partial charge in [0.2, 0.25) is 5.91 Å². The van der Waals surface area contributed by atoms with E-state index in [0.717, 1.165) is 25.7 Å². The lowest BCUT2D eigenvalue weighted by Gasteiger charge is -2.41. The molecule has 0 spiro atoms. The van der Waals surface area contributed by atoms with E-state index < -0.39 is 30.3 Å². The number of hydrogen-bond donors (Lipinski definition) is 2. The van der Waals surface area contributed by atoms with Gasteiger partial charge in [0, 0.05) is 29.5 Å². The highest BCUT2D eigenvalue weighted by atomic mass is 32.2. The molecule has 2 N–H and O–H groups in total. The molecule has 0 radical (unpaired) electrons. The number of nitrogens with one attached hydrogen (secondary N) is 1. The number of aliphatic hydroxyl groups excluding tert-OH is 1. The maximum Gasteiger partial charge on any atom is 0.471 e. The number of benzene rings is 3. The number of likely N-dealkylation sites (tertiary alicyclic amines) is 1. The largest absolute Gasteiger partial charge is 0.471 e. The van der Waals surface area contributed by atoms with Crippen molar-refractivity contribution >= 4 is 50.8 Å². The molecule has 2 saturated heterocycles. The van der Waals surface area contributed by atoms with Crippen molar-refractivity contribution in [3.05, 3.63) is 89.5 Å². The lowest BCUT2D eigenvalue weighted by atomic mass is 9.91. The summed E-state index contributed by atoms with van der Waals surface area (Å²) in [4.78, 5) is 30.0. The van der Waals surface area contributed by atoms with Crippen LogP contribution in [0.4, 0.5) is 18.9 Å². The van der Waals surface area contributed by atoms with Crippen LogP contribution in [0.3, 0.4) is 0 Å². The van der Waals surface area contributed by atoms with Crippen LogP contribution >= 0.6 is 23.1 Å². The van der Waals surface area contributed by atoms with Crippen molar-refractivity contribution in [2.45, 2.75) is 61.4 Å². The van der Waals surface area contributed by atoms with E-state index in [2.05, 4.69) is 12.2 Å². The van der Waals surface area contributed by atoms with Gasteiger partial charge in [0.1, 0.15) is 6.04 Å². The number of carbonyl (C=O) groups is 2. The predicted molar refractivity (Wildman–Crippen MR) is 169 cm³/mol. The van der Waals surface area contributed by atoms with E-state index in [4.69, 9.17) is 14.5 Å². The number of ether oxygens (including phenoxy) is 2. The Bertz CT molecular complexity index is 1650. The number of anilines is 1. The smallest absolute Gasteiger partial charge is 0.392 e. The zero-order valence-corrected chi connectivity index (χ0v) is 26.4. The van der Waals surface area contributed by atoms with Crippen LogP contribution in [0.25, 0.3) is 10.2 Å². The number of rotatable bonds is 8. The molecular formula is C33H32F3N3O5S2. The monoisotopic (exact) mass is 671 g/mol. The molecule has 5 atom stereocenters. The Labute approximate surface area is 271 Å². The van der Waals surface area contributed by atoms with Gasteiger partial charge in [0.15, 0.2) is 10.6 Å². The summed E-state index contributed by atoms with van der Waals surface area (Å²) in [5.41, 5.74) is 3.78. The minimum absolute atomic E-state index is 0.0227. The summed E-state index contributed by atoms with van der Waals surface area (Å²) in [5, 5.41) is 12.2. The molecule has 6 rings (SSSR count). The van der Waals surface area contributed by atoms with Crippen LogP contribution in [0.15, 0.2) is 77.1 Å². The van der Waals surface area contributed by atoms with Gasteiger partial charge in [0.25, 0.3) is 0 Å². The normalized spacial score (nSPS) is 23.5. The van der Waals surface area contributed by atoms with Crippen molar-refractivity contribution in [3.8, 4) is 0 Å². The minimum Gasteiger partial charge on any atom is -0.392 e. The summed E-state index contributed by atoms with van der Waals surface area (Å²) in [7, 11) is 0. The summed E-state index contributed by atoms with van der Waals surface area (Å²) in [6.45, 7) is 1.90. The molecule has 2 fully saturated rings. The molecule has 3 heterocycles. The summed E-state index contributed by atoms with van der Waals surface area (Å²) in [6.07, 6.45) is -5.82. The Balaban J connectivity index is 1.18. The van der Waals surface area contributed by atoms with Crippen LogP contribution in [-0.4, -0.2) is 57.4 Å². The summed E-state index contributed by atoms with van der Waals surface area (Å²) < 4.78 is 54.2. The standard InChI is InChI=1S/C33H32F3N3O5S2/c1-19-26(18-45-32-38-24-5-2-3-7-27(24)46-32)43-30(44-28(19)21-10-8-20(17-40)9-11-21)22-12-14-23(15-13-22)37-29(41)25-6-4-16-39(25)31(42)33(34,35)36/h2-3,5,7-15,19,25-26,28,30,40H,4,6,16-18H2,1H3,(H,37,41). The fourth-order valence-electron chi connectivity index (χ4n) is 5.77. The van der Waals surface area contributed by atoms with Gasteiger partial charge in [0.05, 0.1) is 29.0 Å². The van der Waals surface area contributed by atoms with E-state index in [-0.39, 0.29) is 37.7 Å². The van der Waals surface area contributed by atoms with E-state index in [1.807, 2.05) is 48.5 Å². The third-order valence-corrected chi connectivity index (χ3v) is 10.5. The van der Waals surface area contributed by atoms with Crippen molar-refractivity contribution in [1.82, 2.24) is 9.88 Å². The van der Waals surface area contributed by atoms with Crippen molar-refractivity contribution in [3.63, 3.8) is 0 Å². The number of nitrogens with zero attached hydrogens (tertiary/aromatic N) is 2. The number of aromatic nitrogens is 1. The Kier molecular flexibility index (Phi) is 9.67. The topological polar surface area (TPSA) is 101 Å². The first-order valence-corrected chi connectivity index (χ1v) is 16.7. The first kappa shape index (κ1) is 32.5. The van der Waals surface area contributed by atoms with Gasteiger partial charge >= 0.3 is 12.1 Å². The highest BCUT2D eigenvalue weighted by molar-refractivity contribution is 8.01. The van der Waals surface area contributed by atoms with E-state index in [1.165, 1.54) is 0 Å². The average Bonchev–Trinajstić information content (AvgIpc) is 3.71. The molecule has 13 heteroatoms. The fourth-order valence-corrected chi connectivity index (χ4v) is 8.03. The lowest BCUT2D eigenvalue weighted by molar-refractivity contribution is -0.268. The number of thiazole rings is 1. The maximum atomic E-state index is 13.0. The number of alkyl halides is 3. The highest BCUT2D eigenvalue weighted by Crippen LogP contribution is 2.43. The number of halogens is 3. The number of carbonyl (C=O) groups excluding carboxylic acids is 2. The molecule has 5 unspecified atom stereocenters. The van der Waals surface area contributed by atoms with Crippen LogP contribution in [0.1, 0.15) is 48.8 Å². The van der Waals surface area contributed by atoms with Gasteiger partial charge in [-0.25, -0.2) is 4.98 Å². The molecule has 1 aromatic heterocycles. The number of hydrogen-bond acceptors (Lipinski definition) is 8. The molecular weight excluding hydrogens is 640 g/mol. The van der Waals surface area contributed by atoms with E-state index in [0.29, 0.717) is 28.3 Å². The third-order valence-electron chi connectivity index (χ3n) is 8.28. The van der Waals surface area contributed by atoms with Gasteiger partial charge < -0.3 is 24.8 Å². The molecule has 4 aromatic rings. The van der Waals surface area contributed by atoms with Gasteiger partial charge in [-0.15, -0.1) is 11.3 Å². The second-order valence-corrected chi connectivity index (χ2v) is 13.6. The number of aliphatic hydroxyl groups is 1. The van der Waals surface area contributed by atoms with Gasteiger partial charge in [-0.1, -0.05) is 67.2 Å². The van der Waals surface area contributed by atoms with Crippen LogP contribution < -0.4 is 5.32 Å². The van der Waals surface area contributed by atoms with Crippen molar-refractivity contribution < 1.29 is 37.3 Å². The van der Waals surface area contributed by atoms with E-state index in [1.54, 1.807) is 47.4 Å². The second-order valence-electron chi connectivity index (χ2n) is 11.3. The summed E-state index contributed by atoms with van der Waals surface area (Å²) in [5.74, 6) is -2.06. The number of amides is 2. The van der Waals surface area contributed by atoms with Gasteiger partial charge in [-0.3, -0.25) is 9.59 Å². The van der Waals surface area contributed by atoms with E-state index in [9.17, 15) is 27.9 Å². The zero-order valence-electron chi connectivity index (χ0n) is 24.8. The Morgan fingerprint density at radius 1 is 1.04 bits per heavy atom. The van der Waals surface area contributed by atoms with Gasteiger partial charge in [-0.05, 0) is 48.2 Å². The molecule has 0 saturated carbocycles. The third kappa shape index (κ3) is 7.08. The average molecular weight is 672 g/mol. The summed E-state index contributed by atoms with van der Waals surface area (Å²) in [6, 6.07) is 21.2. The molecule has 46 heavy (non-hydrogen) atoms. The summed E-state index contributed by atoms with van der Waals surface area (Å²) >= 11 is 3.26. The van der Waals surface area contributed by atoms with Crippen LogP contribution in [0.2, 0.25) is 0 Å². The zero-order chi connectivity index (χ0) is 32.4. The molecule has 3 aromatic carbocycles. The first-order valence-electron chi connectivity index (χ1n) is 14.9. The highest BCUT2D eigenvalue weighted by Gasteiger charge is 2.47. The van der Waals surface area contributed by atoms with Crippen molar-refractivity contribution in [2.24, 2.45) is 5.92 Å². The Morgan fingerprint density at radius 2 is 1.76 bits per heavy atom. The minimum atomic E-state index is -5.04. The predicted octanol–water partition coefficient (Wildman–Crippen LogP) is 6.86. The number of thioether (sulfide) groups is 1. The van der Waals surface area contributed by atoms with Gasteiger partial charge in [-0.2, -0.15) is 13.2 Å². The van der Waals surface area contributed by atoms with Crippen LogP contribution in [0, 0.1) is 5.92 Å². The number of para-hydroxylation sites is 1. The number of fused-ring (bicyclic) bond motifs is 1. The fraction of sp³-hybridized carbons (Fsp3) is 0.364. The maximum absolute atomic E-state index is 13.0. The molecule has 2 aliphatic rings. The van der Waals surface area contributed by atoms with Crippen LogP contribution in [-0.2, 0) is 25.7 Å². The SMILES string of the molecule is CC1C(CSc2nc3ccccc3s2)OC(c2ccc(NC(=O)C3CCCN3C(=O)C(F)(F)F)cc2)OC1c1ccc(CO)cc1. The van der Waals surface area contributed by atoms with Crippen molar-refractivity contribution in [1.29, 1.82) is 0 Å². The molecule has 2 aliphatic heterocycles. The Morgan fingerprint density at radius 3 is 2.46 bits per heavy atom. The Hall–Kier alpha value is -3.49. The lowest BCUT2D eigenvalue weighted by Crippen LogP contribution is -2.48. The molecule has 0 bridgehead atoms. The quantitative estimate of drug-likeness (QED) is 0.197. The van der Waals surface area contributed by atoms with Crippen molar-refractivity contribution in [2.75, 3.05) is 17.6 Å². The molecule has 242 valence electrons.